The molecule has 3 N–H and O–H groups in total. The summed E-state index contributed by atoms with van der Waals surface area (Å²) in [5, 5.41) is 7.38. The topological polar surface area (TPSA) is 89.9 Å². The summed E-state index contributed by atoms with van der Waals surface area (Å²) in [5.74, 6) is 1.43. The largest absolute Gasteiger partial charge is 0.337 e. The van der Waals surface area contributed by atoms with E-state index in [1.165, 1.54) is 0 Å². The fraction of sp³-hybridized carbons (Fsp3) is 0.500. The Balaban J connectivity index is 1.85. The van der Waals surface area contributed by atoms with Crippen molar-refractivity contribution in [2.75, 3.05) is 13.1 Å². The van der Waals surface area contributed by atoms with Crippen molar-refractivity contribution < 1.29 is 4.52 Å². The lowest BCUT2D eigenvalue weighted by molar-refractivity contribution is 0.181. The van der Waals surface area contributed by atoms with Crippen LogP contribution in [0.15, 0.2) is 29.0 Å². The van der Waals surface area contributed by atoms with Crippen molar-refractivity contribution in [1.29, 1.82) is 0 Å². The molecule has 0 spiro atoms. The number of piperidine rings is 1. The zero-order valence-electron chi connectivity index (χ0n) is 11.5. The molecule has 6 nitrogen and oxygen atoms in total. The molecule has 0 bridgehead atoms. The van der Waals surface area contributed by atoms with Crippen LogP contribution in [0, 0.1) is 5.92 Å². The summed E-state index contributed by atoms with van der Waals surface area (Å²) in [4.78, 5) is 8.46. The van der Waals surface area contributed by atoms with Gasteiger partial charge in [0.25, 0.3) is 0 Å². The molecule has 3 heterocycles. The maximum atomic E-state index is 6.47. The van der Waals surface area contributed by atoms with Crippen LogP contribution in [0.1, 0.15) is 25.7 Å². The first-order chi connectivity index (χ1) is 9.68. The number of rotatable bonds is 3. The molecule has 0 radical (unpaired) electrons. The molecular weight excluding hydrogens is 254 g/mol. The standard InChI is InChI=1S/C14H19N5O/c1-14(15,11-4-8-17-9-5-11)13-18-12(19-20-13)10-2-6-16-7-3-10/h2-3,6-7,11,17H,4-5,8-9,15H2,1H3. The van der Waals surface area contributed by atoms with Crippen LogP contribution < -0.4 is 11.1 Å². The molecule has 1 atom stereocenters. The molecule has 1 saturated heterocycles. The first-order valence-corrected chi connectivity index (χ1v) is 6.92. The Morgan fingerprint density at radius 1 is 1.30 bits per heavy atom. The van der Waals surface area contributed by atoms with Crippen molar-refractivity contribution in [2.24, 2.45) is 11.7 Å². The van der Waals surface area contributed by atoms with Crippen molar-refractivity contribution >= 4 is 0 Å². The molecule has 106 valence electrons. The molecule has 2 aromatic heterocycles. The van der Waals surface area contributed by atoms with E-state index in [0.717, 1.165) is 31.5 Å². The molecule has 1 unspecified atom stereocenters. The quantitative estimate of drug-likeness (QED) is 0.876. The van der Waals surface area contributed by atoms with Crippen molar-refractivity contribution in [3.05, 3.63) is 30.4 Å². The van der Waals surface area contributed by atoms with E-state index in [4.69, 9.17) is 10.3 Å². The number of pyridine rings is 1. The van der Waals surface area contributed by atoms with E-state index in [9.17, 15) is 0 Å². The average Bonchev–Trinajstić information content (AvgIpc) is 3.00. The van der Waals surface area contributed by atoms with E-state index in [2.05, 4.69) is 20.4 Å². The Kier molecular flexibility index (Phi) is 3.50. The van der Waals surface area contributed by atoms with Crippen LogP contribution in [0.3, 0.4) is 0 Å². The fourth-order valence-corrected chi connectivity index (χ4v) is 2.66. The molecule has 1 aliphatic rings. The summed E-state index contributed by atoms with van der Waals surface area (Å²) < 4.78 is 5.41. The molecule has 0 aliphatic carbocycles. The third-order valence-corrected chi connectivity index (χ3v) is 4.01. The van der Waals surface area contributed by atoms with Crippen LogP contribution in [0.25, 0.3) is 11.4 Å². The number of nitrogens with two attached hydrogens (primary N) is 1. The van der Waals surface area contributed by atoms with Gasteiger partial charge in [0.05, 0.1) is 5.54 Å². The van der Waals surface area contributed by atoms with Gasteiger partial charge in [-0.3, -0.25) is 4.98 Å². The molecule has 0 amide bonds. The van der Waals surface area contributed by atoms with Gasteiger partial charge in [0.2, 0.25) is 11.7 Å². The number of nitrogens with zero attached hydrogens (tertiary/aromatic N) is 3. The van der Waals surface area contributed by atoms with Crippen LogP contribution in [-0.4, -0.2) is 28.2 Å². The highest BCUT2D eigenvalue weighted by atomic mass is 16.5. The SMILES string of the molecule is CC(N)(c1nc(-c2ccncc2)no1)C1CCNCC1. The van der Waals surface area contributed by atoms with Gasteiger partial charge in [0.1, 0.15) is 0 Å². The molecule has 1 fully saturated rings. The molecule has 3 rings (SSSR count). The lowest BCUT2D eigenvalue weighted by atomic mass is 9.80. The van der Waals surface area contributed by atoms with Crippen LogP contribution in [0.2, 0.25) is 0 Å². The molecule has 0 saturated carbocycles. The van der Waals surface area contributed by atoms with Crippen molar-refractivity contribution in [3.63, 3.8) is 0 Å². The van der Waals surface area contributed by atoms with E-state index in [1.807, 2.05) is 19.1 Å². The number of hydrogen-bond donors (Lipinski definition) is 2. The van der Waals surface area contributed by atoms with Crippen LogP contribution in [-0.2, 0) is 5.54 Å². The highest BCUT2D eigenvalue weighted by molar-refractivity contribution is 5.52. The van der Waals surface area contributed by atoms with E-state index in [-0.39, 0.29) is 0 Å². The highest BCUT2D eigenvalue weighted by Crippen LogP contribution is 2.32. The van der Waals surface area contributed by atoms with E-state index in [0.29, 0.717) is 17.6 Å². The second-order valence-corrected chi connectivity index (χ2v) is 5.47. The van der Waals surface area contributed by atoms with Crippen LogP contribution in [0.5, 0.6) is 0 Å². The summed E-state index contributed by atoms with van der Waals surface area (Å²) in [5.41, 5.74) is 6.77. The summed E-state index contributed by atoms with van der Waals surface area (Å²) in [7, 11) is 0. The zero-order chi connectivity index (χ0) is 14.0. The summed E-state index contributed by atoms with van der Waals surface area (Å²) in [6, 6.07) is 3.71. The fourth-order valence-electron chi connectivity index (χ4n) is 2.66. The van der Waals surface area contributed by atoms with Gasteiger partial charge in [-0.15, -0.1) is 0 Å². The summed E-state index contributed by atoms with van der Waals surface area (Å²) in [6.45, 7) is 3.96. The number of nitrogens with one attached hydrogen (secondary N) is 1. The lowest BCUT2D eigenvalue weighted by Gasteiger charge is -2.33. The van der Waals surface area contributed by atoms with E-state index < -0.39 is 5.54 Å². The van der Waals surface area contributed by atoms with Gasteiger partial charge in [0.15, 0.2) is 0 Å². The van der Waals surface area contributed by atoms with Gasteiger partial charge < -0.3 is 15.6 Å². The zero-order valence-corrected chi connectivity index (χ0v) is 11.5. The predicted octanol–water partition coefficient (Wildman–Crippen LogP) is 1.31. The van der Waals surface area contributed by atoms with Crippen LogP contribution >= 0.6 is 0 Å². The minimum absolute atomic E-state index is 0.356. The van der Waals surface area contributed by atoms with Crippen LogP contribution in [0.4, 0.5) is 0 Å². The third-order valence-electron chi connectivity index (χ3n) is 4.01. The van der Waals surface area contributed by atoms with Gasteiger partial charge in [0, 0.05) is 18.0 Å². The number of aromatic nitrogens is 3. The highest BCUT2D eigenvalue weighted by Gasteiger charge is 2.37. The molecule has 0 aromatic carbocycles. The van der Waals surface area contributed by atoms with E-state index in [1.54, 1.807) is 12.4 Å². The smallest absolute Gasteiger partial charge is 0.247 e. The van der Waals surface area contributed by atoms with Crippen molar-refractivity contribution in [3.8, 4) is 11.4 Å². The lowest BCUT2D eigenvalue weighted by Crippen LogP contribution is -2.46. The Hall–Kier alpha value is -1.79. The molecular formula is C14H19N5O. The average molecular weight is 273 g/mol. The number of hydrogen-bond acceptors (Lipinski definition) is 6. The van der Waals surface area contributed by atoms with Gasteiger partial charge in [-0.05, 0) is 50.9 Å². The second-order valence-electron chi connectivity index (χ2n) is 5.47. The summed E-state index contributed by atoms with van der Waals surface area (Å²) in [6.07, 6.45) is 5.47. The molecule has 2 aromatic rings. The van der Waals surface area contributed by atoms with Crippen molar-refractivity contribution in [1.82, 2.24) is 20.4 Å². The maximum Gasteiger partial charge on any atom is 0.247 e. The molecule has 20 heavy (non-hydrogen) atoms. The predicted molar refractivity (Wildman–Crippen MR) is 74.7 cm³/mol. The maximum absolute atomic E-state index is 6.47. The van der Waals surface area contributed by atoms with Gasteiger partial charge in [-0.2, -0.15) is 4.98 Å². The van der Waals surface area contributed by atoms with E-state index >= 15 is 0 Å². The summed E-state index contributed by atoms with van der Waals surface area (Å²) >= 11 is 0. The minimum Gasteiger partial charge on any atom is -0.337 e. The second kappa shape index (κ2) is 5.30. The minimum atomic E-state index is -0.583. The van der Waals surface area contributed by atoms with Gasteiger partial charge in [-0.25, -0.2) is 0 Å². The van der Waals surface area contributed by atoms with Gasteiger partial charge in [-0.1, -0.05) is 5.16 Å². The first kappa shape index (κ1) is 13.2. The third kappa shape index (κ3) is 2.44. The normalized spacial score (nSPS) is 19.7. The molecule has 6 heteroatoms. The molecule has 1 aliphatic heterocycles. The monoisotopic (exact) mass is 273 g/mol. The van der Waals surface area contributed by atoms with Crippen molar-refractivity contribution in [2.45, 2.75) is 25.3 Å². The Morgan fingerprint density at radius 2 is 2.00 bits per heavy atom. The Morgan fingerprint density at radius 3 is 2.70 bits per heavy atom. The Bertz CT molecular complexity index is 560. The Labute approximate surface area is 117 Å². The van der Waals surface area contributed by atoms with Gasteiger partial charge >= 0.3 is 0 Å². The first-order valence-electron chi connectivity index (χ1n) is 6.92.